The fourth-order valence-electron chi connectivity index (χ4n) is 4.38. The molecule has 0 amide bonds. The van der Waals surface area contributed by atoms with E-state index in [0.29, 0.717) is 6.61 Å². The third-order valence-electron chi connectivity index (χ3n) is 6.19. The maximum Gasteiger partial charge on any atom is 0.303 e. The molecule has 0 aliphatic heterocycles. The molecule has 1 aliphatic carbocycles. The number of aliphatic carboxylic acids is 1. The second-order valence-electron chi connectivity index (χ2n) is 8.87. The summed E-state index contributed by atoms with van der Waals surface area (Å²) in [4.78, 5) is 22.6. The number of carboxylic acids is 1. The van der Waals surface area contributed by atoms with E-state index in [-0.39, 0.29) is 12.3 Å². The van der Waals surface area contributed by atoms with Crippen molar-refractivity contribution in [1.82, 2.24) is 9.97 Å². The molecule has 33 heavy (non-hydrogen) atoms. The van der Waals surface area contributed by atoms with E-state index in [1.807, 2.05) is 32.2 Å². The summed E-state index contributed by atoms with van der Waals surface area (Å²) in [6.45, 7) is 5.49. The normalized spacial score (nSPS) is 14.7. The molecule has 3 aromatic rings. The second-order valence-corrected chi connectivity index (χ2v) is 8.87. The lowest BCUT2D eigenvalue weighted by atomic mass is 9.98. The SMILES string of the molecule is Cc1ccc(-c2nc(C)cc(N(C)CCCOc3ccc4c(c3)CC[C@H]4CC(=O)O)n2)cc1. The Morgan fingerprint density at radius 3 is 2.67 bits per heavy atom. The number of rotatable bonds is 9. The lowest BCUT2D eigenvalue weighted by Crippen LogP contribution is -2.22. The Labute approximate surface area is 195 Å². The number of fused-ring (bicyclic) bond motifs is 1. The molecule has 1 heterocycles. The molecule has 1 aromatic heterocycles. The van der Waals surface area contributed by atoms with Crippen LogP contribution in [0.15, 0.2) is 48.5 Å². The molecule has 0 saturated heterocycles. The molecule has 0 fully saturated rings. The van der Waals surface area contributed by atoms with Crippen molar-refractivity contribution in [3.05, 3.63) is 70.9 Å². The third-order valence-corrected chi connectivity index (χ3v) is 6.19. The van der Waals surface area contributed by atoms with Crippen LogP contribution in [-0.2, 0) is 11.2 Å². The van der Waals surface area contributed by atoms with E-state index in [4.69, 9.17) is 14.8 Å². The van der Waals surface area contributed by atoms with E-state index in [9.17, 15) is 4.79 Å². The Morgan fingerprint density at radius 2 is 1.91 bits per heavy atom. The fraction of sp³-hybridized carbons (Fsp3) is 0.370. The molecule has 1 N–H and O–H groups in total. The van der Waals surface area contributed by atoms with Gasteiger partial charge in [-0.2, -0.15) is 0 Å². The van der Waals surface area contributed by atoms with E-state index in [1.54, 1.807) is 0 Å². The maximum absolute atomic E-state index is 11.0. The van der Waals surface area contributed by atoms with Gasteiger partial charge in [-0.1, -0.05) is 35.9 Å². The Morgan fingerprint density at radius 1 is 1.12 bits per heavy atom. The summed E-state index contributed by atoms with van der Waals surface area (Å²) in [5, 5.41) is 9.09. The van der Waals surface area contributed by atoms with Crippen molar-refractivity contribution in [1.29, 1.82) is 0 Å². The first-order chi connectivity index (χ1) is 15.9. The van der Waals surface area contributed by atoms with Crippen LogP contribution in [0, 0.1) is 13.8 Å². The van der Waals surface area contributed by atoms with Crippen molar-refractivity contribution < 1.29 is 14.6 Å². The smallest absolute Gasteiger partial charge is 0.303 e. The van der Waals surface area contributed by atoms with Crippen LogP contribution in [0.25, 0.3) is 11.4 Å². The van der Waals surface area contributed by atoms with Gasteiger partial charge >= 0.3 is 5.97 Å². The number of benzene rings is 2. The predicted octanol–water partition coefficient (Wildman–Crippen LogP) is 5.17. The van der Waals surface area contributed by atoms with Crippen LogP contribution in [0.5, 0.6) is 5.75 Å². The zero-order chi connectivity index (χ0) is 23.4. The standard InChI is InChI=1S/C27H31N3O3/c1-18-5-7-20(8-6-18)27-28-19(2)15-25(29-27)30(3)13-4-14-33-23-11-12-24-21(16-23)9-10-22(24)17-26(31)32/h5-8,11-12,15-16,22H,4,9-10,13-14,17H2,1-3H3,(H,31,32)/t22-/m0/s1. The molecule has 1 atom stereocenters. The Bertz CT molecular complexity index is 1130. The molecule has 0 unspecified atom stereocenters. The number of aryl methyl sites for hydroxylation is 3. The highest BCUT2D eigenvalue weighted by Gasteiger charge is 2.24. The average Bonchev–Trinajstić information content (AvgIpc) is 3.18. The lowest BCUT2D eigenvalue weighted by Gasteiger charge is -2.19. The largest absolute Gasteiger partial charge is 0.494 e. The van der Waals surface area contributed by atoms with Crippen molar-refractivity contribution in [2.24, 2.45) is 0 Å². The van der Waals surface area contributed by atoms with Crippen LogP contribution in [0.4, 0.5) is 5.82 Å². The van der Waals surface area contributed by atoms with Crippen molar-refractivity contribution in [2.45, 2.75) is 45.4 Å². The van der Waals surface area contributed by atoms with Crippen LogP contribution in [0.2, 0.25) is 0 Å². The van der Waals surface area contributed by atoms with Gasteiger partial charge in [0, 0.05) is 30.9 Å². The predicted molar refractivity (Wildman–Crippen MR) is 130 cm³/mol. The van der Waals surface area contributed by atoms with Gasteiger partial charge in [0.1, 0.15) is 11.6 Å². The zero-order valence-electron chi connectivity index (χ0n) is 19.5. The summed E-state index contributed by atoms with van der Waals surface area (Å²) in [5.74, 6) is 1.89. The van der Waals surface area contributed by atoms with Crippen LogP contribution in [0.1, 0.15) is 47.6 Å². The molecule has 0 radical (unpaired) electrons. The Kier molecular flexibility index (Phi) is 6.92. The maximum atomic E-state index is 11.0. The summed E-state index contributed by atoms with van der Waals surface area (Å²) in [7, 11) is 2.04. The fourth-order valence-corrected chi connectivity index (χ4v) is 4.38. The number of carbonyl (C=O) groups is 1. The van der Waals surface area contributed by atoms with Crippen molar-refractivity contribution in [3.8, 4) is 17.1 Å². The van der Waals surface area contributed by atoms with Gasteiger partial charge in [-0.3, -0.25) is 4.79 Å². The number of hydrogen-bond donors (Lipinski definition) is 1. The van der Waals surface area contributed by atoms with Gasteiger partial charge in [-0.15, -0.1) is 0 Å². The molecule has 0 saturated carbocycles. The lowest BCUT2D eigenvalue weighted by molar-refractivity contribution is -0.137. The highest BCUT2D eigenvalue weighted by molar-refractivity contribution is 5.68. The minimum Gasteiger partial charge on any atom is -0.494 e. The molecule has 0 spiro atoms. The molecule has 1 aliphatic rings. The van der Waals surface area contributed by atoms with Crippen molar-refractivity contribution >= 4 is 11.8 Å². The van der Waals surface area contributed by atoms with Crippen LogP contribution in [0.3, 0.4) is 0 Å². The molecular formula is C27H31N3O3. The topological polar surface area (TPSA) is 75.6 Å². The Balaban J connectivity index is 1.32. The van der Waals surface area contributed by atoms with E-state index < -0.39 is 5.97 Å². The minimum atomic E-state index is -0.734. The summed E-state index contributed by atoms with van der Waals surface area (Å²) in [5.41, 5.74) is 5.55. The molecular weight excluding hydrogens is 414 g/mol. The molecule has 4 rings (SSSR count). The second kappa shape index (κ2) is 10.0. The summed E-state index contributed by atoms with van der Waals surface area (Å²) >= 11 is 0. The molecule has 2 aromatic carbocycles. The number of nitrogens with zero attached hydrogens (tertiary/aromatic N) is 3. The third kappa shape index (κ3) is 5.69. The highest BCUT2D eigenvalue weighted by Crippen LogP contribution is 2.37. The molecule has 0 bridgehead atoms. The quantitative estimate of drug-likeness (QED) is 0.458. The van der Waals surface area contributed by atoms with Crippen LogP contribution in [-0.4, -0.2) is 41.2 Å². The number of hydrogen-bond acceptors (Lipinski definition) is 5. The van der Waals surface area contributed by atoms with Gasteiger partial charge in [0.05, 0.1) is 13.0 Å². The van der Waals surface area contributed by atoms with Crippen molar-refractivity contribution in [2.75, 3.05) is 25.1 Å². The minimum absolute atomic E-state index is 0.126. The number of anilines is 1. The van der Waals surface area contributed by atoms with Crippen LogP contribution >= 0.6 is 0 Å². The molecule has 6 heteroatoms. The van der Waals surface area contributed by atoms with Gasteiger partial charge in [0.15, 0.2) is 5.82 Å². The van der Waals surface area contributed by atoms with Gasteiger partial charge < -0.3 is 14.7 Å². The molecule has 172 valence electrons. The monoisotopic (exact) mass is 445 g/mol. The molecule has 6 nitrogen and oxygen atoms in total. The average molecular weight is 446 g/mol. The van der Waals surface area contributed by atoms with Crippen LogP contribution < -0.4 is 9.64 Å². The van der Waals surface area contributed by atoms with Gasteiger partial charge in [0.25, 0.3) is 0 Å². The highest BCUT2D eigenvalue weighted by atomic mass is 16.5. The summed E-state index contributed by atoms with van der Waals surface area (Å²) < 4.78 is 5.99. The number of carboxylic acid groups (broad SMARTS) is 1. The van der Waals surface area contributed by atoms with Gasteiger partial charge in [-0.05, 0) is 62.3 Å². The first kappa shape index (κ1) is 22.8. The zero-order valence-corrected chi connectivity index (χ0v) is 19.5. The number of ether oxygens (including phenoxy) is 1. The van der Waals surface area contributed by atoms with E-state index >= 15 is 0 Å². The number of aromatic nitrogens is 2. The first-order valence-electron chi connectivity index (χ1n) is 11.5. The van der Waals surface area contributed by atoms with Gasteiger partial charge in [-0.25, -0.2) is 9.97 Å². The first-order valence-corrected chi connectivity index (χ1v) is 11.5. The van der Waals surface area contributed by atoms with Gasteiger partial charge in [0.2, 0.25) is 0 Å². The van der Waals surface area contributed by atoms with E-state index in [0.717, 1.165) is 60.0 Å². The Hall–Kier alpha value is -3.41. The van der Waals surface area contributed by atoms with Crippen molar-refractivity contribution in [3.63, 3.8) is 0 Å². The van der Waals surface area contributed by atoms with E-state index in [2.05, 4.69) is 47.1 Å². The summed E-state index contributed by atoms with van der Waals surface area (Å²) in [6.07, 6.45) is 2.88. The summed E-state index contributed by atoms with van der Waals surface area (Å²) in [6, 6.07) is 16.3. The van der Waals surface area contributed by atoms with E-state index in [1.165, 1.54) is 11.1 Å².